The van der Waals surface area contributed by atoms with Crippen LogP contribution in [0, 0.1) is 17.5 Å². The average molecular weight is 364 g/mol. The number of hydrogen-bond acceptors (Lipinski definition) is 3. The maximum atomic E-state index is 13.6. The average Bonchev–Trinajstić information content (AvgIpc) is 2.53. The fraction of sp³-hybridized carbons (Fsp3) is 0.533. The maximum Gasteiger partial charge on any atom is 0.239 e. The van der Waals surface area contributed by atoms with E-state index in [2.05, 4.69) is 5.32 Å². The number of sulfonamides is 1. The predicted octanol–water partition coefficient (Wildman–Crippen LogP) is 2.64. The number of carbonyl (C=O) groups excluding carboxylic acids is 1. The number of benzene rings is 1. The summed E-state index contributed by atoms with van der Waals surface area (Å²) in [7, 11) is -3.63. The van der Waals surface area contributed by atoms with Crippen LogP contribution in [0.25, 0.3) is 0 Å². The molecule has 0 spiro atoms. The van der Waals surface area contributed by atoms with Gasteiger partial charge in [0.2, 0.25) is 15.9 Å². The van der Waals surface area contributed by atoms with Crippen LogP contribution < -0.4 is 5.32 Å². The molecule has 5 nitrogen and oxygen atoms in total. The third kappa shape index (κ3) is 4.47. The van der Waals surface area contributed by atoms with E-state index in [4.69, 9.17) is 0 Å². The minimum absolute atomic E-state index is 0.283. The molecule has 9 heteroatoms. The van der Waals surface area contributed by atoms with Gasteiger partial charge >= 0.3 is 0 Å². The number of halogens is 3. The Balaban J connectivity index is 2.12. The summed E-state index contributed by atoms with van der Waals surface area (Å²) in [5.74, 6) is -5.40. The highest BCUT2D eigenvalue weighted by Gasteiger charge is 2.30. The summed E-state index contributed by atoms with van der Waals surface area (Å²) in [6.45, 7) is -0.498. The summed E-state index contributed by atoms with van der Waals surface area (Å²) < 4.78 is 64.6. The van der Waals surface area contributed by atoms with Gasteiger partial charge in [0.25, 0.3) is 0 Å². The van der Waals surface area contributed by atoms with Gasteiger partial charge in [0.1, 0.15) is 0 Å². The quantitative estimate of drug-likeness (QED) is 0.817. The van der Waals surface area contributed by atoms with E-state index in [1.807, 2.05) is 0 Å². The van der Waals surface area contributed by atoms with E-state index < -0.39 is 45.6 Å². The number of carbonyl (C=O) groups is 1. The van der Waals surface area contributed by atoms with Crippen LogP contribution in [0.4, 0.5) is 18.9 Å². The first kappa shape index (κ1) is 18.7. The van der Waals surface area contributed by atoms with Crippen molar-refractivity contribution in [3.63, 3.8) is 0 Å². The summed E-state index contributed by atoms with van der Waals surface area (Å²) >= 11 is 0. The molecule has 0 aromatic heterocycles. The van der Waals surface area contributed by atoms with Crippen molar-refractivity contribution in [2.45, 2.75) is 38.1 Å². The lowest BCUT2D eigenvalue weighted by Crippen LogP contribution is -2.45. The third-order valence-corrected chi connectivity index (χ3v) is 5.30. The van der Waals surface area contributed by atoms with E-state index in [1.165, 1.54) is 0 Å². The van der Waals surface area contributed by atoms with Gasteiger partial charge in [0, 0.05) is 6.04 Å². The SMILES string of the molecule is CS(=O)(=O)N(CC(=O)Nc1ccc(F)c(F)c1F)C1CCCCC1. The largest absolute Gasteiger partial charge is 0.322 e. The first-order valence-electron chi connectivity index (χ1n) is 7.60. The van der Waals surface area contributed by atoms with Crippen molar-refractivity contribution in [3.05, 3.63) is 29.6 Å². The van der Waals surface area contributed by atoms with Crippen LogP contribution in [-0.4, -0.2) is 37.5 Å². The zero-order valence-corrected chi connectivity index (χ0v) is 14.0. The second kappa shape index (κ2) is 7.52. The van der Waals surface area contributed by atoms with Crippen molar-refractivity contribution in [2.24, 2.45) is 0 Å². The molecule has 1 fully saturated rings. The van der Waals surface area contributed by atoms with E-state index in [0.717, 1.165) is 35.9 Å². The lowest BCUT2D eigenvalue weighted by molar-refractivity contribution is -0.116. The summed E-state index contributed by atoms with van der Waals surface area (Å²) in [5, 5.41) is 2.09. The number of nitrogens with zero attached hydrogens (tertiary/aromatic N) is 1. The van der Waals surface area contributed by atoms with Gasteiger partial charge in [-0.2, -0.15) is 4.31 Å². The molecule has 24 heavy (non-hydrogen) atoms. The molecule has 0 aliphatic heterocycles. The Morgan fingerprint density at radius 2 is 1.79 bits per heavy atom. The molecule has 0 atom stereocenters. The lowest BCUT2D eigenvalue weighted by Gasteiger charge is -2.31. The number of amides is 1. The van der Waals surface area contributed by atoms with Gasteiger partial charge < -0.3 is 5.32 Å². The topological polar surface area (TPSA) is 66.5 Å². The Morgan fingerprint density at radius 1 is 1.17 bits per heavy atom. The molecule has 1 aliphatic carbocycles. The molecule has 0 bridgehead atoms. The molecule has 1 N–H and O–H groups in total. The molecule has 1 aliphatic rings. The second-order valence-corrected chi connectivity index (χ2v) is 7.81. The van der Waals surface area contributed by atoms with E-state index in [0.29, 0.717) is 18.9 Å². The van der Waals surface area contributed by atoms with Crippen molar-refractivity contribution in [3.8, 4) is 0 Å². The minimum Gasteiger partial charge on any atom is -0.322 e. The Kier molecular flexibility index (Phi) is 5.87. The van der Waals surface area contributed by atoms with Gasteiger partial charge in [-0.15, -0.1) is 0 Å². The van der Waals surface area contributed by atoms with Gasteiger partial charge in [-0.1, -0.05) is 19.3 Å². The van der Waals surface area contributed by atoms with Crippen LogP contribution in [0.3, 0.4) is 0 Å². The fourth-order valence-electron chi connectivity index (χ4n) is 2.84. The minimum atomic E-state index is -3.63. The molecule has 1 aromatic carbocycles. The molecule has 1 amide bonds. The Bertz CT molecular complexity index is 719. The first-order chi connectivity index (χ1) is 11.2. The summed E-state index contributed by atoms with van der Waals surface area (Å²) in [5.41, 5.74) is -0.531. The lowest BCUT2D eigenvalue weighted by atomic mass is 9.95. The summed E-state index contributed by atoms with van der Waals surface area (Å²) in [6.07, 6.45) is 5.07. The van der Waals surface area contributed by atoms with Gasteiger partial charge in [0.05, 0.1) is 18.5 Å². The van der Waals surface area contributed by atoms with Gasteiger partial charge in [0.15, 0.2) is 17.5 Å². The normalized spacial score (nSPS) is 16.4. The van der Waals surface area contributed by atoms with Crippen LogP contribution in [0.1, 0.15) is 32.1 Å². The number of nitrogens with one attached hydrogen (secondary N) is 1. The second-order valence-electron chi connectivity index (χ2n) is 5.87. The smallest absolute Gasteiger partial charge is 0.239 e. The van der Waals surface area contributed by atoms with Crippen LogP contribution in [0.2, 0.25) is 0 Å². The third-order valence-electron chi connectivity index (χ3n) is 4.02. The number of rotatable bonds is 5. The molecular weight excluding hydrogens is 345 g/mol. The zero-order valence-electron chi connectivity index (χ0n) is 13.2. The highest BCUT2D eigenvalue weighted by molar-refractivity contribution is 7.88. The first-order valence-corrected chi connectivity index (χ1v) is 9.45. The van der Waals surface area contributed by atoms with Crippen LogP contribution in [-0.2, 0) is 14.8 Å². The molecule has 2 rings (SSSR count). The van der Waals surface area contributed by atoms with Crippen molar-refractivity contribution >= 4 is 21.6 Å². The highest BCUT2D eigenvalue weighted by Crippen LogP contribution is 2.25. The molecule has 0 heterocycles. The maximum absolute atomic E-state index is 13.6. The molecule has 0 saturated heterocycles. The van der Waals surface area contributed by atoms with Crippen LogP contribution in [0.15, 0.2) is 12.1 Å². The van der Waals surface area contributed by atoms with Crippen molar-refractivity contribution < 1.29 is 26.4 Å². The molecule has 0 radical (unpaired) electrons. The van der Waals surface area contributed by atoms with E-state index >= 15 is 0 Å². The molecular formula is C15H19F3N2O3S. The van der Waals surface area contributed by atoms with Crippen molar-refractivity contribution in [2.75, 3.05) is 18.1 Å². The predicted molar refractivity (Wildman–Crippen MR) is 83.4 cm³/mol. The molecule has 134 valence electrons. The Labute approximate surface area is 138 Å². The van der Waals surface area contributed by atoms with Gasteiger partial charge in [-0.05, 0) is 25.0 Å². The monoisotopic (exact) mass is 364 g/mol. The van der Waals surface area contributed by atoms with Gasteiger partial charge in [-0.3, -0.25) is 4.79 Å². The molecule has 0 unspecified atom stereocenters. The highest BCUT2D eigenvalue weighted by atomic mass is 32.2. The molecule has 1 aromatic rings. The van der Waals surface area contributed by atoms with Gasteiger partial charge in [-0.25, -0.2) is 21.6 Å². The van der Waals surface area contributed by atoms with E-state index in [1.54, 1.807) is 0 Å². The van der Waals surface area contributed by atoms with E-state index in [9.17, 15) is 26.4 Å². The summed E-state index contributed by atoms with van der Waals surface area (Å²) in [6, 6.07) is 1.29. The zero-order chi connectivity index (χ0) is 17.9. The van der Waals surface area contributed by atoms with Crippen molar-refractivity contribution in [1.82, 2.24) is 4.31 Å². The van der Waals surface area contributed by atoms with Crippen LogP contribution in [0.5, 0.6) is 0 Å². The summed E-state index contributed by atoms with van der Waals surface area (Å²) in [4.78, 5) is 12.1. The number of hydrogen-bond donors (Lipinski definition) is 1. The Hall–Kier alpha value is -1.61. The number of anilines is 1. The standard InChI is InChI=1S/C15H19F3N2O3S/c1-24(22,23)20(10-5-3-2-4-6-10)9-13(21)19-12-8-7-11(16)14(17)15(12)18/h7-8,10H,2-6,9H2,1H3,(H,19,21). The van der Waals surface area contributed by atoms with Crippen LogP contribution >= 0.6 is 0 Å². The van der Waals surface area contributed by atoms with E-state index in [-0.39, 0.29) is 6.04 Å². The van der Waals surface area contributed by atoms with Crippen molar-refractivity contribution in [1.29, 1.82) is 0 Å². The Morgan fingerprint density at radius 3 is 2.38 bits per heavy atom. The molecule has 1 saturated carbocycles. The fourth-order valence-corrected chi connectivity index (χ4v) is 3.94.